The normalized spacial score (nSPS) is 10.1. The van der Waals surface area contributed by atoms with Crippen LogP contribution in [0.3, 0.4) is 0 Å². The molecule has 0 aliphatic heterocycles. The Bertz CT molecular complexity index is 510. The summed E-state index contributed by atoms with van der Waals surface area (Å²) in [7, 11) is -4.08. The van der Waals surface area contributed by atoms with Gasteiger partial charge in [0.25, 0.3) is 10.1 Å². The standard InChI is InChI=1S/C6H7NO3S.C4H7NO2/c7-5-1-3-6(4-2-5)11(8,9)10;1-3(6)2-4(5)7/h1-4H,7H2,(H,8,9,10);2H2,1H3,(H2,5,7). The highest BCUT2D eigenvalue weighted by Gasteiger charge is 2.06. The number of nitrogens with two attached hydrogens (primary N) is 2. The predicted octanol–water partition coefficient (Wildman–Crippen LogP) is -0.0337. The van der Waals surface area contributed by atoms with Crippen LogP contribution in [-0.2, 0) is 19.7 Å². The Morgan fingerprint density at radius 3 is 1.89 bits per heavy atom. The van der Waals surface area contributed by atoms with Gasteiger partial charge in [0.15, 0.2) is 0 Å². The summed E-state index contributed by atoms with van der Waals surface area (Å²) in [6.45, 7) is 1.32. The lowest BCUT2D eigenvalue weighted by atomic mass is 10.3. The van der Waals surface area contributed by atoms with Gasteiger partial charge in [-0.1, -0.05) is 0 Å². The van der Waals surface area contributed by atoms with Crippen molar-refractivity contribution in [2.45, 2.75) is 18.2 Å². The maximum absolute atomic E-state index is 10.5. The molecule has 0 unspecified atom stereocenters. The molecule has 7 nitrogen and oxygen atoms in total. The Morgan fingerprint density at radius 1 is 1.22 bits per heavy atom. The van der Waals surface area contributed by atoms with Gasteiger partial charge in [0.1, 0.15) is 5.78 Å². The maximum atomic E-state index is 10.5. The molecule has 0 fully saturated rings. The summed E-state index contributed by atoms with van der Waals surface area (Å²) in [5, 5.41) is 0. The van der Waals surface area contributed by atoms with Crippen molar-refractivity contribution >= 4 is 27.5 Å². The zero-order chi connectivity index (χ0) is 14.3. The number of anilines is 1. The summed E-state index contributed by atoms with van der Waals surface area (Å²) in [5.41, 5.74) is 10.4. The van der Waals surface area contributed by atoms with Gasteiger partial charge in [-0.05, 0) is 31.2 Å². The third-order valence-corrected chi connectivity index (χ3v) is 2.47. The number of carbonyl (C=O) groups is 2. The van der Waals surface area contributed by atoms with E-state index in [0.717, 1.165) is 0 Å². The minimum absolute atomic E-state index is 0.139. The average Bonchev–Trinajstić information content (AvgIpc) is 2.15. The summed E-state index contributed by atoms with van der Waals surface area (Å²) in [4.78, 5) is 19.6. The van der Waals surface area contributed by atoms with Gasteiger partial charge in [-0.15, -0.1) is 0 Å². The number of carbonyl (C=O) groups excluding carboxylic acids is 2. The molecule has 0 atom stereocenters. The van der Waals surface area contributed by atoms with E-state index in [0.29, 0.717) is 5.69 Å². The molecule has 100 valence electrons. The van der Waals surface area contributed by atoms with Gasteiger partial charge in [0.2, 0.25) is 5.91 Å². The first-order valence-corrected chi connectivity index (χ1v) is 6.17. The van der Waals surface area contributed by atoms with Gasteiger partial charge in [-0.2, -0.15) is 8.42 Å². The molecule has 0 saturated carbocycles. The first-order valence-electron chi connectivity index (χ1n) is 4.73. The van der Waals surface area contributed by atoms with Gasteiger partial charge in [-0.3, -0.25) is 14.1 Å². The Hall–Kier alpha value is -1.93. The van der Waals surface area contributed by atoms with E-state index in [1.807, 2.05) is 0 Å². The van der Waals surface area contributed by atoms with Gasteiger partial charge in [0, 0.05) is 5.69 Å². The highest BCUT2D eigenvalue weighted by molar-refractivity contribution is 7.85. The number of amides is 1. The van der Waals surface area contributed by atoms with Crippen LogP contribution >= 0.6 is 0 Å². The van der Waals surface area contributed by atoms with Crippen molar-refractivity contribution in [3.8, 4) is 0 Å². The van der Waals surface area contributed by atoms with Gasteiger partial charge in [-0.25, -0.2) is 0 Å². The first-order chi connectivity index (χ1) is 8.12. The number of Topliss-reactive ketones (excluding diaryl/α,β-unsaturated/α-hetero) is 1. The van der Waals surface area contributed by atoms with E-state index < -0.39 is 16.0 Å². The molecule has 0 spiro atoms. The zero-order valence-electron chi connectivity index (χ0n) is 9.66. The summed E-state index contributed by atoms with van der Waals surface area (Å²) >= 11 is 0. The van der Waals surface area contributed by atoms with E-state index in [9.17, 15) is 18.0 Å². The molecule has 0 heterocycles. The second-order valence-corrected chi connectivity index (χ2v) is 4.81. The van der Waals surface area contributed by atoms with Crippen LogP contribution < -0.4 is 11.5 Å². The smallest absolute Gasteiger partial charge is 0.294 e. The average molecular weight is 274 g/mol. The minimum Gasteiger partial charge on any atom is -0.399 e. The van der Waals surface area contributed by atoms with Crippen molar-refractivity contribution in [1.29, 1.82) is 0 Å². The molecule has 0 aliphatic rings. The maximum Gasteiger partial charge on any atom is 0.294 e. The van der Waals surface area contributed by atoms with Crippen LogP contribution in [0.1, 0.15) is 13.3 Å². The largest absolute Gasteiger partial charge is 0.399 e. The topological polar surface area (TPSA) is 141 Å². The number of rotatable bonds is 3. The van der Waals surface area contributed by atoms with E-state index in [-0.39, 0.29) is 17.1 Å². The number of hydrogen-bond donors (Lipinski definition) is 3. The van der Waals surface area contributed by atoms with Crippen LogP contribution in [0.25, 0.3) is 0 Å². The lowest BCUT2D eigenvalue weighted by Gasteiger charge is -1.95. The van der Waals surface area contributed by atoms with Gasteiger partial charge < -0.3 is 11.5 Å². The van der Waals surface area contributed by atoms with Crippen molar-refractivity contribution < 1.29 is 22.6 Å². The number of hydrogen-bond acceptors (Lipinski definition) is 5. The molecule has 1 amide bonds. The predicted molar refractivity (Wildman–Crippen MR) is 65.2 cm³/mol. The number of ketones is 1. The molecule has 0 bridgehead atoms. The van der Waals surface area contributed by atoms with E-state index in [4.69, 9.17) is 10.3 Å². The van der Waals surface area contributed by atoms with Crippen molar-refractivity contribution in [2.24, 2.45) is 5.73 Å². The lowest BCUT2D eigenvalue weighted by molar-refractivity contribution is -0.125. The highest BCUT2D eigenvalue weighted by Crippen LogP contribution is 2.10. The second kappa shape index (κ2) is 6.72. The van der Waals surface area contributed by atoms with Crippen LogP contribution in [0.15, 0.2) is 29.2 Å². The van der Waals surface area contributed by atoms with Crippen LogP contribution in [0.4, 0.5) is 5.69 Å². The van der Waals surface area contributed by atoms with Crippen LogP contribution in [0, 0.1) is 0 Å². The molecule has 1 aromatic carbocycles. The molecule has 1 aromatic rings. The fraction of sp³-hybridized carbons (Fsp3) is 0.200. The van der Waals surface area contributed by atoms with Crippen LogP contribution in [0.5, 0.6) is 0 Å². The summed E-state index contributed by atoms with van der Waals surface area (Å²) in [6, 6.07) is 5.29. The van der Waals surface area contributed by atoms with E-state index >= 15 is 0 Å². The second-order valence-electron chi connectivity index (χ2n) is 3.39. The van der Waals surface area contributed by atoms with E-state index in [1.54, 1.807) is 0 Å². The van der Waals surface area contributed by atoms with Crippen LogP contribution in [0.2, 0.25) is 0 Å². The molecule has 0 saturated heterocycles. The molecular weight excluding hydrogens is 260 g/mol. The van der Waals surface area contributed by atoms with Crippen molar-refractivity contribution in [2.75, 3.05) is 5.73 Å². The van der Waals surface area contributed by atoms with E-state index in [2.05, 4.69) is 5.73 Å². The minimum atomic E-state index is -4.08. The van der Waals surface area contributed by atoms with Gasteiger partial charge in [0.05, 0.1) is 11.3 Å². The van der Waals surface area contributed by atoms with Crippen LogP contribution in [-0.4, -0.2) is 24.7 Å². The third kappa shape index (κ3) is 7.36. The Labute approximate surface area is 105 Å². The lowest BCUT2D eigenvalue weighted by Crippen LogP contribution is -2.13. The third-order valence-electron chi connectivity index (χ3n) is 1.60. The summed E-state index contributed by atoms with van der Waals surface area (Å²) < 4.78 is 29.4. The van der Waals surface area contributed by atoms with Gasteiger partial charge >= 0.3 is 0 Å². The number of nitrogen functional groups attached to an aromatic ring is 1. The molecule has 8 heteroatoms. The quantitative estimate of drug-likeness (QED) is 0.401. The number of benzene rings is 1. The molecule has 1 rings (SSSR count). The Kier molecular flexibility index (Phi) is 6.00. The number of primary amides is 1. The molecule has 0 aliphatic carbocycles. The highest BCUT2D eigenvalue weighted by atomic mass is 32.2. The summed E-state index contributed by atoms with van der Waals surface area (Å²) in [5.74, 6) is -0.750. The molecular formula is C10H14N2O5S. The molecule has 18 heavy (non-hydrogen) atoms. The van der Waals surface area contributed by atoms with Crippen molar-refractivity contribution in [1.82, 2.24) is 0 Å². The fourth-order valence-corrected chi connectivity index (χ4v) is 1.37. The van der Waals surface area contributed by atoms with E-state index in [1.165, 1.54) is 31.2 Å². The summed E-state index contributed by atoms with van der Waals surface area (Å²) in [6.07, 6.45) is -0.139. The molecule has 0 aromatic heterocycles. The first kappa shape index (κ1) is 16.1. The molecule has 0 radical (unpaired) electrons. The van der Waals surface area contributed by atoms with Crippen molar-refractivity contribution in [3.63, 3.8) is 0 Å². The monoisotopic (exact) mass is 274 g/mol. The molecule has 5 N–H and O–H groups in total. The fourth-order valence-electron chi connectivity index (χ4n) is 0.885. The van der Waals surface area contributed by atoms with Crippen molar-refractivity contribution in [3.05, 3.63) is 24.3 Å². The zero-order valence-corrected chi connectivity index (χ0v) is 10.5. The Morgan fingerprint density at radius 2 is 1.67 bits per heavy atom. The SMILES string of the molecule is CC(=O)CC(N)=O.Nc1ccc(S(=O)(=O)O)cc1. The Balaban J connectivity index is 0.000000360.